The average molecular weight is 483 g/mol. The number of sulfonamides is 1. The molecule has 4 aromatic rings. The third-order valence-corrected chi connectivity index (χ3v) is 8.90. The second-order valence-electron chi connectivity index (χ2n) is 8.19. The van der Waals surface area contributed by atoms with Crippen LogP contribution in [0.1, 0.15) is 34.5 Å². The molecular formula is C24H22N2O5S2. The SMILES string of the molecule is Cc1ccc2oc(=O)c3cc(C(=O)Nc4ccc(S(=O)(=O)N5CCCCC5)cc4)sc3c2c1. The minimum absolute atomic E-state index is 0.212. The van der Waals surface area contributed by atoms with Crippen LogP contribution in [0.3, 0.4) is 0 Å². The summed E-state index contributed by atoms with van der Waals surface area (Å²) in [5, 5.41) is 3.95. The highest BCUT2D eigenvalue weighted by Gasteiger charge is 2.25. The van der Waals surface area contributed by atoms with Crippen LogP contribution in [0.25, 0.3) is 21.1 Å². The fourth-order valence-corrected chi connectivity index (χ4v) is 6.66. The molecule has 3 heterocycles. The predicted molar refractivity (Wildman–Crippen MR) is 130 cm³/mol. The summed E-state index contributed by atoms with van der Waals surface area (Å²) in [4.78, 5) is 25.8. The number of thiophene rings is 1. The van der Waals surface area contributed by atoms with Gasteiger partial charge in [0.1, 0.15) is 5.58 Å². The molecular weight excluding hydrogens is 460 g/mol. The van der Waals surface area contributed by atoms with Crippen LogP contribution in [0.2, 0.25) is 0 Å². The van der Waals surface area contributed by atoms with E-state index >= 15 is 0 Å². The second-order valence-corrected chi connectivity index (χ2v) is 11.2. The summed E-state index contributed by atoms with van der Waals surface area (Å²) in [6.45, 7) is 3.02. The molecule has 0 radical (unpaired) electrons. The molecule has 0 aliphatic carbocycles. The van der Waals surface area contributed by atoms with Gasteiger partial charge in [0.15, 0.2) is 0 Å². The maximum Gasteiger partial charge on any atom is 0.345 e. The fourth-order valence-electron chi connectivity index (χ4n) is 4.08. The average Bonchev–Trinajstić information content (AvgIpc) is 3.27. The first-order valence-corrected chi connectivity index (χ1v) is 13.0. The van der Waals surface area contributed by atoms with E-state index in [4.69, 9.17) is 4.42 Å². The summed E-state index contributed by atoms with van der Waals surface area (Å²) in [6.07, 6.45) is 2.79. The molecule has 1 N–H and O–H groups in total. The lowest BCUT2D eigenvalue weighted by Gasteiger charge is -2.25. The first-order chi connectivity index (χ1) is 15.8. The first kappa shape index (κ1) is 21.8. The Morgan fingerprint density at radius 3 is 2.45 bits per heavy atom. The number of nitrogens with one attached hydrogen (secondary N) is 1. The zero-order chi connectivity index (χ0) is 23.2. The Hall–Kier alpha value is -3.01. The highest BCUT2D eigenvalue weighted by molar-refractivity contribution is 7.89. The molecule has 1 aliphatic heterocycles. The van der Waals surface area contributed by atoms with Gasteiger partial charge in [-0.15, -0.1) is 11.3 Å². The van der Waals surface area contributed by atoms with Crippen LogP contribution in [0.15, 0.2) is 62.6 Å². The van der Waals surface area contributed by atoms with Gasteiger partial charge in [-0.05, 0) is 62.2 Å². The summed E-state index contributed by atoms with van der Waals surface area (Å²) in [7, 11) is -3.53. The summed E-state index contributed by atoms with van der Waals surface area (Å²) in [6, 6.07) is 13.3. The van der Waals surface area contributed by atoms with Crippen molar-refractivity contribution in [1.29, 1.82) is 0 Å². The van der Waals surface area contributed by atoms with E-state index in [2.05, 4.69) is 5.32 Å². The zero-order valence-electron chi connectivity index (χ0n) is 18.0. The largest absolute Gasteiger partial charge is 0.422 e. The summed E-state index contributed by atoms with van der Waals surface area (Å²) in [5.41, 5.74) is 1.50. The van der Waals surface area contributed by atoms with Crippen LogP contribution >= 0.6 is 11.3 Å². The Bertz CT molecular complexity index is 1530. The Morgan fingerprint density at radius 1 is 1.00 bits per heavy atom. The molecule has 0 saturated carbocycles. The number of fused-ring (bicyclic) bond motifs is 3. The lowest BCUT2D eigenvalue weighted by molar-refractivity contribution is 0.103. The van der Waals surface area contributed by atoms with Crippen LogP contribution in [-0.4, -0.2) is 31.7 Å². The number of benzene rings is 2. The van der Waals surface area contributed by atoms with E-state index in [0.29, 0.717) is 39.3 Å². The van der Waals surface area contributed by atoms with Crippen molar-refractivity contribution >= 4 is 54.0 Å². The molecule has 0 atom stereocenters. The number of rotatable bonds is 4. The fraction of sp³-hybridized carbons (Fsp3) is 0.250. The molecule has 1 amide bonds. The maximum atomic E-state index is 12.9. The highest BCUT2D eigenvalue weighted by atomic mass is 32.2. The van der Waals surface area contributed by atoms with Crippen LogP contribution in [0.4, 0.5) is 5.69 Å². The Kier molecular flexibility index (Phi) is 5.55. The van der Waals surface area contributed by atoms with Crippen LogP contribution < -0.4 is 10.9 Å². The Balaban J connectivity index is 1.40. The third-order valence-electron chi connectivity index (χ3n) is 5.82. The smallest absolute Gasteiger partial charge is 0.345 e. The van der Waals surface area contributed by atoms with Gasteiger partial charge in [-0.1, -0.05) is 18.1 Å². The second kappa shape index (κ2) is 8.40. The topological polar surface area (TPSA) is 96.7 Å². The van der Waals surface area contributed by atoms with E-state index in [1.165, 1.54) is 33.8 Å². The molecule has 0 bridgehead atoms. The monoisotopic (exact) mass is 482 g/mol. The van der Waals surface area contributed by atoms with Crippen molar-refractivity contribution in [3.05, 3.63) is 69.4 Å². The van der Waals surface area contributed by atoms with E-state index in [-0.39, 0.29) is 10.8 Å². The van der Waals surface area contributed by atoms with Gasteiger partial charge in [-0.2, -0.15) is 4.31 Å². The summed E-state index contributed by atoms with van der Waals surface area (Å²) in [5.74, 6) is -0.372. The summed E-state index contributed by atoms with van der Waals surface area (Å²) >= 11 is 1.23. The quantitative estimate of drug-likeness (QED) is 0.424. The molecule has 7 nitrogen and oxygen atoms in total. The van der Waals surface area contributed by atoms with Crippen molar-refractivity contribution in [2.45, 2.75) is 31.1 Å². The van der Waals surface area contributed by atoms with Gasteiger partial charge in [0.25, 0.3) is 5.91 Å². The lowest BCUT2D eigenvalue weighted by atomic mass is 10.1. The zero-order valence-corrected chi connectivity index (χ0v) is 19.6. The van der Waals surface area contributed by atoms with E-state index in [1.807, 2.05) is 19.1 Å². The minimum atomic E-state index is -3.53. The molecule has 1 aliphatic rings. The molecule has 1 saturated heterocycles. The molecule has 9 heteroatoms. The van der Waals surface area contributed by atoms with E-state index in [1.54, 1.807) is 18.2 Å². The predicted octanol–water partition coefficient (Wildman–Crippen LogP) is 4.74. The molecule has 5 rings (SSSR count). The van der Waals surface area contributed by atoms with Gasteiger partial charge >= 0.3 is 5.63 Å². The molecule has 0 spiro atoms. The number of carbonyl (C=O) groups excluding carboxylic acids is 1. The number of piperidine rings is 1. The van der Waals surface area contributed by atoms with Gasteiger partial charge in [-0.25, -0.2) is 13.2 Å². The van der Waals surface area contributed by atoms with Crippen LogP contribution in [0.5, 0.6) is 0 Å². The number of anilines is 1. The van der Waals surface area contributed by atoms with Gasteiger partial charge in [0.05, 0.1) is 19.9 Å². The van der Waals surface area contributed by atoms with E-state index in [0.717, 1.165) is 30.2 Å². The Labute approximate surface area is 194 Å². The van der Waals surface area contributed by atoms with Gasteiger partial charge in [-0.3, -0.25) is 4.79 Å². The first-order valence-electron chi connectivity index (χ1n) is 10.7. The molecule has 2 aromatic heterocycles. The van der Waals surface area contributed by atoms with Gasteiger partial charge in [0, 0.05) is 24.2 Å². The van der Waals surface area contributed by atoms with Crippen molar-refractivity contribution in [2.24, 2.45) is 0 Å². The standard InChI is InChI=1S/C24H22N2O5S2/c1-15-5-10-20-18(13-15)22-19(24(28)31-20)14-21(32-22)23(27)25-16-6-8-17(9-7-16)33(29,30)26-11-3-2-4-12-26/h5-10,13-14H,2-4,11-12H2,1H3,(H,25,27). The highest BCUT2D eigenvalue weighted by Crippen LogP contribution is 2.31. The number of nitrogens with zero attached hydrogens (tertiary/aromatic N) is 1. The van der Waals surface area contributed by atoms with Crippen molar-refractivity contribution in [3.8, 4) is 0 Å². The Morgan fingerprint density at radius 2 is 1.73 bits per heavy atom. The third kappa shape index (κ3) is 4.07. The van der Waals surface area contributed by atoms with Crippen molar-refractivity contribution in [3.63, 3.8) is 0 Å². The van der Waals surface area contributed by atoms with Crippen molar-refractivity contribution in [1.82, 2.24) is 4.31 Å². The maximum absolute atomic E-state index is 12.9. The molecule has 2 aromatic carbocycles. The van der Waals surface area contributed by atoms with Crippen molar-refractivity contribution in [2.75, 3.05) is 18.4 Å². The molecule has 1 fully saturated rings. The molecule has 170 valence electrons. The number of aryl methyl sites for hydroxylation is 1. The van der Waals surface area contributed by atoms with E-state index < -0.39 is 15.6 Å². The van der Waals surface area contributed by atoms with Crippen LogP contribution in [0, 0.1) is 6.92 Å². The van der Waals surface area contributed by atoms with Crippen LogP contribution in [-0.2, 0) is 10.0 Å². The number of hydrogen-bond donors (Lipinski definition) is 1. The lowest BCUT2D eigenvalue weighted by Crippen LogP contribution is -2.35. The minimum Gasteiger partial charge on any atom is -0.422 e. The van der Waals surface area contributed by atoms with E-state index in [9.17, 15) is 18.0 Å². The molecule has 0 unspecified atom stereocenters. The number of amides is 1. The summed E-state index contributed by atoms with van der Waals surface area (Å²) < 4.78 is 33.2. The molecule has 33 heavy (non-hydrogen) atoms. The van der Waals surface area contributed by atoms with Gasteiger partial charge in [0.2, 0.25) is 10.0 Å². The number of carbonyl (C=O) groups is 1. The van der Waals surface area contributed by atoms with Crippen molar-refractivity contribution < 1.29 is 17.6 Å². The normalized spacial score (nSPS) is 15.2. The van der Waals surface area contributed by atoms with Gasteiger partial charge < -0.3 is 9.73 Å². The number of hydrogen-bond acceptors (Lipinski definition) is 6.